The number of hydrogen-bond donors (Lipinski definition) is 2. The van der Waals surface area contributed by atoms with E-state index >= 15 is 0 Å². The number of ether oxygens (including phenoxy) is 1. The van der Waals surface area contributed by atoms with Gasteiger partial charge in [0.15, 0.2) is 0 Å². The van der Waals surface area contributed by atoms with E-state index < -0.39 is 6.04 Å². The summed E-state index contributed by atoms with van der Waals surface area (Å²) in [6.45, 7) is 3.26. The standard InChI is InChI=1S/C14H20N2O2/c1-14(7-8-18-10-14)16-13(17)12(15)9-11-5-3-2-4-6-11/h2-6,12H,7-10,15H2,1H3,(H,16,17). The Labute approximate surface area is 108 Å². The van der Waals surface area contributed by atoms with Crippen molar-refractivity contribution in [1.82, 2.24) is 5.32 Å². The van der Waals surface area contributed by atoms with Crippen molar-refractivity contribution in [3.8, 4) is 0 Å². The zero-order chi connectivity index (χ0) is 13.0. The summed E-state index contributed by atoms with van der Waals surface area (Å²) in [7, 11) is 0. The van der Waals surface area contributed by atoms with E-state index in [0.29, 0.717) is 19.6 Å². The molecule has 1 heterocycles. The van der Waals surface area contributed by atoms with E-state index in [1.165, 1.54) is 0 Å². The van der Waals surface area contributed by atoms with E-state index in [0.717, 1.165) is 12.0 Å². The van der Waals surface area contributed by atoms with Gasteiger partial charge in [-0.3, -0.25) is 4.79 Å². The van der Waals surface area contributed by atoms with Crippen LogP contribution in [-0.4, -0.2) is 30.7 Å². The van der Waals surface area contributed by atoms with Crippen molar-refractivity contribution in [3.05, 3.63) is 35.9 Å². The quantitative estimate of drug-likeness (QED) is 0.830. The summed E-state index contributed by atoms with van der Waals surface area (Å²) in [6, 6.07) is 9.30. The predicted octanol–water partition coefficient (Wildman–Crippen LogP) is 0.852. The van der Waals surface area contributed by atoms with E-state index in [-0.39, 0.29) is 11.4 Å². The number of amides is 1. The van der Waals surface area contributed by atoms with Gasteiger partial charge in [-0.2, -0.15) is 0 Å². The average molecular weight is 248 g/mol. The first-order valence-electron chi connectivity index (χ1n) is 6.28. The molecule has 3 N–H and O–H groups in total. The first-order valence-corrected chi connectivity index (χ1v) is 6.28. The molecule has 0 spiro atoms. The highest BCUT2D eigenvalue weighted by Gasteiger charge is 2.32. The molecule has 2 rings (SSSR count). The van der Waals surface area contributed by atoms with Crippen molar-refractivity contribution in [3.63, 3.8) is 0 Å². The lowest BCUT2D eigenvalue weighted by Gasteiger charge is -2.25. The molecule has 1 fully saturated rings. The maximum absolute atomic E-state index is 12.0. The molecule has 98 valence electrons. The third kappa shape index (κ3) is 3.31. The van der Waals surface area contributed by atoms with Gasteiger partial charge in [0.05, 0.1) is 18.2 Å². The van der Waals surface area contributed by atoms with Crippen LogP contribution in [0.2, 0.25) is 0 Å². The Kier molecular flexibility index (Phi) is 3.99. The number of nitrogens with two attached hydrogens (primary N) is 1. The molecule has 1 amide bonds. The van der Waals surface area contributed by atoms with Crippen molar-refractivity contribution < 1.29 is 9.53 Å². The van der Waals surface area contributed by atoms with Gasteiger partial charge in [0, 0.05) is 6.61 Å². The highest BCUT2D eigenvalue weighted by atomic mass is 16.5. The van der Waals surface area contributed by atoms with Crippen molar-refractivity contribution in [1.29, 1.82) is 0 Å². The van der Waals surface area contributed by atoms with Gasteiger partial charge in [-0.1, -0.05) is 30.3 Å². The minimum absolute atomic E-state index is 0.105. The second-order valence-corrected chi connectivity index (χ2v) is 5.15. The molecular weight excluding hydrogens is 228 g/mol. The summed E-state index contributed by atoms with van der Waals surface area (Å²) in [5, 5.41) is 2.99. The van der Waals surface area contributed by atoms with Gasteiger partial charge in [-0.15, -0.1) is 0 Å². The molecule has 1 saturated heterocycles. The first-order chi connectivity index (χ1) is 8.59. The van der Waals surface area contributed by atoms with Crippen molar-refractivity contribution in [2.45, 2.75) is 31.3 Å². The van der Waals surface area contributed by atoms with Crippen LogP contribution >= 0.6 is 0 Å². The van der Waals surface area contributed by atoms with Crippen molar-refractivity contribution >= 4 is 5.91 Å². The molecule has 1 aliphatic rings. The Bertz CT molecular complexity index is 400. The van der Waals surface area contributed by atoms with E-state index in [1.54, 1.807) is 0 Å². The minimum atomic E-state index is -0.509. The van der Waals surface area contributed by atoms with Crippen LogP contribution in [0.4, 0.5) is 0 Å². The van der Waals surface area contributed by atoms with E-state index in [4.69, 9.17) is 10.5 Å². The van der Waals surface area contributed by atoms with Crippen LogP contribution in [-0.2, 0) is 16.0 Å². The maximum atomic E-state index is 12.0. The largest absolute Gasteiger partial charge is 0.379 e. The van der Waals surface area contributed by atoms with Crippen molar-refractivity contribution in [2.24, 2.45) is 5.73 Å². The zero-order valence-corrected chi connectivity index (χ0v) is 10.7. The monoisotopic (exact) mass is 248 g/mol. The lowest BCUT2D eigenvalue weighted by molar-refractivity contribution is -0.124. The SMILES string of the molecule is CC1(NC(=O)C(N)Cc2ccccc2)CCOC1. The summed E-state index contributed by atoms with van der Waals surface area (Å²) >= 11 is 0. The number of nitrogens with one attached hydrogen (secondary N) is 1. The second kappa shape index (κ2) is 5.50. The fourth-order valence-electron chi connectivity index (χ4n) is 2.12. The van der Waals surface area contributed by atoms with Crippen LogP contribution in [0.1, 0.15) is 18.9 Å². The fraction of sp³-hybridized carbons (Fsp3) is 0.500. The molecule has 2 unspecified atom stereocenters. The van der Waals surface area contributed by atoms with E-state index in [2.05, 4.69) is 5.32 Å². The number of benzene rings is 1. The van der Waals surface area contributed by atoms with Crippen molar-refractivity contribution in [2.75, 3.05) is 13.2 Å². The Balaban J connectivity index is 1.89. The van der Waals surface area contributed by atoms with Crippen LogP contribution in [0.5, 0.6) is 0 Å². The molecule has 1 aromatic carbocycles. The number of rotatable bonds is 4. The summed E-state index contributed by atoms with van der Waals surface area (Å²) in [6.07, 6.45) is 1.40. The van der Waals surface area contributed by atoms with Gasteiger partial charge in [0.1, 0.15) is 0 Å². The highest BCUT2D eigenvalue weighted by molar-refractivity contribution is 5.82. The molecular formula is C14H20N2O2. The number of carbonyl (C=O) groups excluding carboxylic acids is 1. The van der Waals surface area contributed by atoms with Crippen LogP contribution in [0.15, 0.2) is 30.3 Å². The Morgan fingerprint density at radius 2 is 2.22 bits per heavy atom. The smallest absolute Gasteiger partial charge is 0.237 e. The Morgan fingerprint density at radius 3 is 2.83 bits per heavy atom. The molecule has 1 aliphatic heterocycles. The third-order valence-corrected chi connectivity index (χ3v) is 3.28. The Hall–Kier alpha value is -1.39. The topological polar surface area (TPSA) is 64.4 Å². The molecule has 1 aromatic rings. The molecule has 18 heavy (non-hydrogen) atoms. The van der Waals surface area contributed by atoms with Gasteiger partial charge < -0.3 is 15.8 Å². The lowest BCUT2D eigenvalue weighted by Crippen LogP contribution is -2.53. The molecule has 2 atom stereocenters. The number of carbonyl (C=O) groups is 1. The Morgan fingerprint density at radius 1 is 1.50 bits per heavy atom. The lowest BCUT2D eigenvalue weighted by atomic mass is 10.00. The maximum Gasteiger partial charge on any atom is 0.237 e. The highest BCUT2D eigenvalue weighted by Crippen LogP contribution is 2.17. The minimum Gasteiger partial charge on any atom is -0.379 e. The van der Waals surface area contributed by atoms with Crippen LogP contribution in [0.3, 0.4) is 0 Å². The molecule has 0 aromatic heterocycles. The molecule has 0 bridgehead atoms. The van der Waals surface area contributed by atoms with Gasteiger partial charge >= 0.3 is 0 Å². The summed E-state index contributed by atoms with van der Waals surface area (Å²) in [5.41, 5.74) is 6.75. The van der Waals surface area contributed by atoms with Crippen LogP contribution < -0.4 is 11.1 Å². The summed E-state index contributed by atoms with van der Waals surface area (Å²) < 4.78 is 5.30. The summed E-state index contributed by atoms with van der Waals surface area (Å²) in [5.74, 6) is -0.105. The molecule has 0 radical (unpaired) electrons. The van der Waals surface area contributed by atoms with Gasteiger partial charge in [-0.05, 0) is 25.3 Å². The van der Waals surface area contributed by atoms with Crippen LogP contribution in [0.25, 0.3) is 0 Å². The van der Waals surface area contributed by atoms with E-state index in [9.17, 15) is 4.79 Å². The molecule has 4 heteroatoms. The molecule has 0 saturated carbocycles. The van der Waals surface area contributed by atoms with Gasteiger partial charge in [0.2, 0.25) is 5.91 Å². The summed E-state index contributed by atoms with van der Waals surface area (Å²) in [4.78, 5) is 12.0. The average Bonchev–Trinajstić information content (AvgIpc) is 2.77. The fourth-order valence-corrected chi connectivity index (χ4v) is 2.12. The first kappa shape index (κ1) is 13.1. The second-order valence-electron chi connectivity index (χ2n) is 5.15. The predicted molar refractivity (Wildman–Crippen MR) is 70.1 cm³/mol. The molecule has 4 nitrogen and oxygen atoms in total. The van der Waals surface area contributed by atoms with Gasteiger partial charge in [-0.25, -0.2) is 0 Å². The van der Waals surface area contributed by atoms with E-state index in [1.807, 2.05) is 37.3 Å². The molecule has 0 aliphatic carbocycles. The normalized spacial score (nSPS) is 24.8. The third-order valence-electron chi connectivity index (χ3n) is 3.28. The van der Waals surface area contributed by atoms with Crippen LogP contribution in [0, 0.1) is 0 Å². The van der Waals surface area contributed by atoms with Gasteiger partial charge in [0.25, 0.3) is 0 Å². The number of hydrogen-bond acceptors (Lipinski definition) is 3. The zero-order valence-electron chi connectivity index (χ0n) is 10.7.